The van der Waals surface area contributed by atoms with Crippen molar-refractivity contribution >= 4 is 11.3 Å². The van der Waals surface area contributed by atoms with Crippen molar-refractivity contribution in [1.29, 1.82) is 0 Å². The minimum atomic E-state index is 0.481. The number of nitrogens with zero attached hydrogens (tertiary/aromatic N) is 1. The van der Waals surface area contributed by atoms with Gasteiger partial charge in [0.05, 0.1) is 0 Å². The van der Waals surface area contributed by atoms with Crippen molar-refractivity contribution in [1.82, 2.24) is 4.90 Å². The molecule has 0 saturated heterocycles. The lowest BCUT2D eigenvalue weighted by Gasteiger charge is -2.39. The van der Waals surface area contributed by atoms with E-state index in [-0.39, 0.29) is 0 Å². The van der Waals surface area contributed by atoms with E-state index in [4.69, 9.17) is 5.73 Å². The second kappa shape index (κ2) is 4.57. The van der Waals surface area contributed by atoms with E-state index in [0.717, 1.165) is 17.8 Å². The predicted octanol–water partition coefficient (Wildman–Crippen LogP) is 3.04. The zero-order chi connectivity index (χ0) is 13.0. The Morgan fingerprint density at radius 3 is 3.00 bits per heavy atom. The Morgan fingerprint density at radius 2 is 2.21 bits per heavy atom. The third-order valence-corrected chi connectivity index (χ3v) is 7.00. The summed E-state index contributed by atoms with van der Waals surface area (Å²) in [5.74, 6) is 2.53. The highest BCUT2D eigenvalue weighted by atomic mass is 32.1. The Hall–Kier alpha value is -0.380. The average Bonchev–Trinajstić information content (AvgIpc) is 3.10. The summed E-state index contributed by atoms with van der Waals surface area (Å²) in [5, 5.41) is 2.26. The summed E-state index contributed by atoms with van der Waals surface area (Å²) in [6.07, 6.45) is 5.49. The van der Waals surface area contributed by atoms with Crippen molar-refractivity contribution in [3.05, 3.63) is 21.9 Å². The van der Waals surface area contributed by atoms with E-state index in [1.807, 2.05) is 11.3 Å². The van der Waals surface area contributed by atoms with Gasteiger partial charge < -0.3 is 5.73 Å². The van der Waals surface area contributed by atoms with Crippen LogP contribution in [0.4, 0.5) is 0 Å². The van der Waals surface area contributed by atoms with E-state index < -0.39 is 0 Å². The van der Waals surface area contributed by atoms with Crippen LogP contribution in [0.15, 0.2) is 11.4 Å². The molecule has 0 radical (unpaired) electrons. The molecule has 1 aromatic rings. The second-order valence-corrected chi connectivity index (χ2v) is 7.80. The van der Waals surface area contributed by atoms with Crippen molar-refractivity contribution in [3.8, 4) is 0 Å². The summed E-state index contributed by atoms with van der Waals surface area (Å²) in [4.78, 5) is 4.31. The van der Waals surface area contributed by atoms with Crippen LogP contribution >= 0.6 is 11.3 Å². The van der Waals surface area contributed by atoms with Gasteiger partial charge in [0, 0.05) is 30.1 Å². The monoisotopic (exact) mass is 276 g/mol. The SMILES string of the molecule is CC1c2ccsc2CCN1CC1C2CCC(C2)C1N. The maximum atomic E-state index is 6.48. The second-order valence-electron chi connectivity index (χ2n) is 6.79. The topological polar surface area (TPSA) is 29.3 Å². The van der Waals surface area contributed by atoms with Gasteiger partial charge in [-0.3, -0.25) is 4.90 Å². The van der Waals surface area contributed by atoms with Crippen LogP contribution in [-0.4, -0.2) is 24.0 Å². The fourth-order valence-corrected chi connectivity index (χ4v) is 5.77. The van der Waals surface area contributed by atoms with Crippen LogP contribution in [-0.2, 0) is 6.42 Å². The number of fused-ring (bicyclic) bond motifs is 3. The summed E-state index contributed by atoms with van der Waals surface area (Å²) in [6.45, 7) is 4.84. The maximum absolute atomic E-state index is 6.48. The average molecular weight is 276 g/mol. The fourth-order valence-electron chi connectivity index (χ4n) is 4.81. The quantitative estimate of drug-likeness (QED) is 0.899. The first kappa shape index (κ1) is 12.4. The molecule has 2 bridgehead atoms. The molecule has 0 aromatic carbocycles. The molecule has 0 spiro atoms. The van der Waals surface area contributed by atoms with E-state index in [1.54, 1.807) is 10.4 Å². The Balaban J connectivity index is 1.49. The van der Waals surface area contributed by atoms with Gasteiger partial charge in [-0.05, 0) is 67.4 Å². The molecule has 3 aliphatic rings. The number of hydrogen-bond acceptors (Lipinski definition) is 3. The molecule has 4 rings (SSSR count). The standard InChI is InChI=1S/C16H24N2S/c1-10-13-5-7-19-15(13)4-6-18(10)9-14-11-2-3-12(8-11)16(14)17/h5,7,10-12,14,16H,2-4,6,8-9,17H2,1H3. The summed E-state index contributed by atoms with van der Waals surface area (Å²) < 4.78 is 0. The van der Waals surface area contributed by atoms with Gasteiger partial charge in [0.25, 0.3) is 0 Å². The molecular weight excluding hydrogens is 252 g/mol. The van der Waals surface area contributed by atoms with E-state index >= 15 is 0 Å². The van der Waals surface area contributed by atoms with Crippen LogP contribution in [0.2, 0.25) is 0 Å². The molecule has 2 nitrogen and oxygen atoms in total. The lowest BCUT2D eigenvalue weighted by molar-refractivity contribution is 0.132. The summed E-state index contributed by atoms with van der Waals surface area (Å²) in [5.41, 5.74) is 8.05. The van der Waals surface area contributed by atoms with E-state index in [1.165, 1.54) is 38.8 Å². The van der Waals surface area contributed by atoms with Crippen molar-refractivity contribution < 1.29 is 0 Å². The van der Waals surface area contributed by atoms with Gasteiger partial charge in [-0.2, -0.15) is 0 Å². The largest absolute Gasteiger partial charge is 0.327 e. The van der Waals surface area contributed by atoms with Gasteiger partial charge in [-0.1, -0.05) is 0 Å². The molecular formula is C16H24N2S. The fraction of sp³-hybridized carbons (Fsp3) is 0.750. The Morgan fingerprint density at radius 1 is 1.37 bits per heavy atom. The van der Waals surface area contributed by atoms with E-state index in [9.17, 15) is 0 Å². The molecule has 3 heteroatoms. The highest BCUT2D eigenvalue weighted by Crippen LogP contribution is 2.48. The zero-order valence-electron chi connectivity index (χ0n) is 11.7. The number of hydrogen-bond donors (Lipinski definition) is 1. The van der Waals surface area contributed by atoms with Gasteiger partial charge in [-0.25, -0.2) is 0 Å². The highest BCUT2D eigenvalue weighted by Gasteiger charge is 2.46. The smallest absolute Gasteiger partial charge is 0.0331 e. The van der Waals surface area contributed by atoms with Gasteiger partial charge in [0.2, 0.25) is 0 Å². The first-order chi connectivity index (χ1) is 9.24. The normalized spacial score (nSPS) is 41.7. The maximum Gasteiger partial charge on any atom is 0.0331 e. The molecule has 19 heavy (non-hydrogen) atoms. The van der Waals surface area contributed by atoms with Crippen molar-refractivity contribution in [2.45, 2.75) is 44.7 Å². The minimum absolute atomic E-state index is 0.481. The van der Waals surface area contributed by atoms with E-state index in [2.05, 4.69) is 23.3 Å². The van der Waals surface area contributed by atoms with Crippen LogP contribution in [0.3, 0.4) is 0 Å². The predicted molar refractivity (Wildman–Crippen MR) is 80.3 cm³/mol. The first-order valence-electron chi connectivity index (χ1n) is 7.80. The molecule has 2 heterocycles. The summed E-state index contributed by atoms with van der Waals surface area (Å²) in [6, 6.07) is 3.41. The Labute approximate surface area is 120 Å². The van der Waals surface area contributed by atoms with Crippen molar-refractivity contribution in [3.63, 3.8) is 0 Å². The molecule has 5 atom stereocenters. The van der Waals surface area contributed by atoms with Gasteiger partial charge in [0.1, 0.15) is 0 Å². The van der Waals surface area contributed by atoms with Crippen molar-refractivity contribution in [2.24, 2.45) is 23.5 Å². The van der Waals surface area contributed by atoms with Crippen molar-refractivity contribution in [2.75, 3.05) is 13.1 Å². The first-order valence-corrected chi connectivity index (χ1v) is 8.68. The molecule has 2 saturated carbocycles. The van der Waals surface area contributed by atoms with Gasteiger partial charge in [-0.15, -0.1) is 11.3 Å². The summed E-state index contributed by atoms with van der Waals surface area (Å²) in [7, 11) is 0. The van der Waals surface area contributed by atoms with Crippen LogP contribution in [0.5, 0.6) is 0 Å². The third kappa shape index (κ3) is 1.90. The number of thiophene rings is 1. The molecule has 104 valence electrons. The Bertz CT molecular complexity index is 467. The summed E-state index contributed by atoms with van der Waals surface area (Å²) >= 11 is 1.94. The third-order valence-electron chi connectivity index (χ3n) is 6.01. The number of rotatable bonds is 2. The Kier molecular flexibility index (Phi) is 2.98. The molecule has 1 aromatic heterocycles. The highest BCUT2D eigenvalue weighted by molar-refractivity contribution is 7.10. The van der Waals surface area contributed by atoms with Crippen LogP contribution in [0.1, 0.15) is 42.7 Å². The van der Waals surface area contributed by atoms with Crippen LogP contribution < -0.4 is 5.73 Å². The van der Waals surface area contributed by atoms with Crippen LogP contribution in [0, 0.1) is 17.8 Å². The minimum Gasteiger partial charge on any atom is -0.327 e. The van der Waals surface area contributed by atoms with Crippen LogP contribution in [0.25, 0.3) is 0 Å². The van der Waals surface area contributed by atoms with Gasteiger partial charge in [0.15, 0.2) is 0 Å². The molecule has 2 aliphatic carbocycles. The molecule has 2 fully saturated rings. The van der Waals surface area contributed by atoms with E-state index in [0.29, 0.717) is 12.1 Å². The zero-order valence-corrected chi connectivity index (χ0v) is 12.5. The number of nitrogens with two attached hydrogens (primary N) is 1. The lowest BCUT2D eigenvalue weighted by Crippen LogP contribution is -2.45. The molecule has 0 amide bonds. The molecule has 5 unspecified atom stereocenters. The molecule has 1 aliphatic heterocycles. The lowest BCUT2D eigenvalue weighted by atomic mass is 9.84. The van der Waals surface area contributed by atoms with Gasteiger partial charge >= 0.3 is 0 Å². The molecule has 2 N–H and O–H groups in total.